The van der Waals surface area contributed by atoms with Gasteiger partial charge in [-0.25, -0.2) is 0 Å². The Morgan fingerprint density at radius 3 is 2.20 bits per heavy atom. The number of para-hydroxylation sites is 1. The van der Waals surface area contributed by atoms with Crippen LogP contribution in [0.2, 0.25) is 0 Å². The summed E-state index contributed by atoms with van der Waals surface area (Å²) in [7, 11) is 3.01. The molecule has 0 fully saturated rings. The van der Waals surface area contributed by atoms with Crippen LogP contribution in [-0.2, 0) is 0 Å². The van der Waals surface area contributed by atoms with E-state index in [1.54, 1.807) is 18.2 Å². The number of methoxy groups -OCH3 is 2. The molecular formula is C13H13N3O3S. The molecule has 2 aromatic rings. The average molecular weight is 291 g/mol. The van der Waals surface area contributed by atoms with Crippen molar-refractivity contribution in [1.82, 2.24) is 9.97 Å². The molecule has 1 heterocycles. The number of aromatic nitrogens is 2. The van der Waals surface area contributed by atoms with E-state index in [9.17, 15) is 0 Å². The molecule has 1 aromatic carbocycles. The molecule has 104 valence electrons. The zero-order valence-corrected chi connectivity index (χ0v) is 11.8. The van der Waals surface area contributed by atoms with Gasteiger partial charge in [0, 0.05) is 0 Å². The molecule has 0 radical (unpaired) electrons. The third-order valence-corrected chi connectivity index (χ3v) is 2.45. The minimum atomic E-state index is 0.131. The number of benzene rings is 1. The number of hydrogen-bond donors (Lipinski definition) is 1. The molecule has 0 unspecified atom stereocenters. The number of ether oxygens (including phenoxy) is 3. The van der Waals surface area contributed by atoms with E-state index < -0.39 is 0 Å². The number of rotatable bonds is 4. The highest BCUT2D eigenvalue weighted by Gasteiger charge is 2.08. The number of nitrogens with zero attached hydrogens (tertiary/aromatic N) is 2. The molecule has 0 aliphatic heterocycles. The second-order valence-electron chi connectivity index (χ2n) is 3.60. The summed E-state index contributed by atoms with van der Waals surface area (Å²) in [4.78, 5) is 8.18. The molecule has 1 aromatic heterocycles. The first-order valence-corrected chi connectivity index (χ1v) is 6.13. The Morgan fingerprint density at radius 2 is 1.65 bits per heavy atom. The van der Waals surface area contributed by atoms with Crippen LogP contribution in [0.1, 0.15) is 0 Å². The number of hydrogen-bond acceptors (Lipinski definition) is 6. The van der Waals surface area contributed by atoms with Crippen molar-refractivity contribution in [2.24, 2.45) is 0 Å². The maximum absolute atomic E-state index is 5.42. The van der Waals surface area contributed by atoms with Crippen LogP contribution in [0, 0.1) is 0 Å². The number of thiocarbonyl (C=S) groups is 1. The predicted molar refractivity (Wildman–Crippen MR) is 78.4 cm³/mol. The van der Waals surface area contributed by atoms with Crippen molar-refractivity contribution in [1.29, 1.82) is 0 Å². The van der Waals surface area contributed by atoms with Crippen molar-refractivity contribution in [2.75, 3.05) is 19.5 Å². The molecule has 0 saturated carbocycles. The van der Waals surface area contributed by atoms with Gasteiger partial charge in [0.25, 0.3) is 5.17 Å². The molecular weight excluding hydrogens is 278 g/mol. The van der Waals surface area contributed by atoms with Gasteiger partial charge in [-0.2, -0.15) is 9.97 Å². The van der Waals surface area contributed by atoms with E-state index in [4.69, 9.17) is 26.4 Å². The average Bonchev–Trinajstić information content (AvgIpc) is 2.47. The van der Waals surface area contributed by atoms with Crippen molar-refractivity contribution in [2.45, 2.75) is 0 Å². The van der Waals surface area contributed by atoms with E-state index in [0.717, 1.165) is 0 Å². The molecule has 1 N–H and O–H groups in total. The maximum Gasteiger partial charge on any atom is 0.269 e. The van der Waals surface area contributed by atoms with E-state index in [-0.39, 0.29) is 11.1 Å². The van der Waals surface area contributed by atoms with E-state index in [0.29, 0.717) is 17.5 Å². The summed E-state index contributed by atoms with van der Waals surface area (Å²) in [5.74, 6) is 1.59. The summed E-state index contributed by atoms with van der Waals surface area (Å²) in [6.45, 7) is 0. The summed E-state index contributed by atoms with van der Waals surface area (Å²) in [5.41, 5.74) is 0. The van der Waals surface area contributed by atoms with Gasteiger partial charge in [-0.1, -0.05) is 18.2 Å². The second-order valence-corrected chi connectivity index (χ2v) is 3.97. The quantitative estimate of drug-likeness (QED) is 0.867. The van der Waals surface area contributed by atoms with Gasteiger partial charge in [0.05, 0.1) is 20.3 Å². The largest absolute Gasteiger partial charge is 0.481 e. The fourth-order valence-electron chi connectivity index (χ4n) is 1.38. The normalized spacial score (nSPS) is 9.70. The molecule has 20 heavy (non-hydrogen) atoms. The number of anilines is 1. The predicted octanol–water partition coefficient (Wildman–Crippen LogP) is 2.27. The topological polar surface area (TPSA) is 65.5 Å². The van der Waals surface area contributed by atoms with Gasteiger partial charge in [0.15, 0.2) is 0 Å². The Labute approximate surface area is 121 Å². The summed E-state index contributed by atoms with van der Waals surface area (Å²) in [6, 6.07) is 10.7. The third-order valence-electron chi connectivity index (χ3n) is 2.27. The SMILES string of the molecule is COc1cc(OC)nc(NC(=S)Oc2ccccc2)n1. The van der Waals surface area contributed by atoms with Crippen LogP contribution in [0.5, 0.6) is 17.5 Å². The second kappa shape index (κ2) is 6.67. The van der Waals surface area contributed by atoms with Crippen LogP contribution in [0.25, 0.3) is 0 Å². The van der Waals surface area contributed by atoms with Gasteiger partial charge in [-0.3, -0.25) is 5.32 Å². The molecule has 6 nitrogen and oxygen atoms in total. The van der Waals surface area contributed by atoms with Gasteiger partial charge in [0.2, 0.25) is 17.7 Å². The molecule has 7 heteroatoms. The lowest BCUT2D eigenvalue weighted by molar-refractivity contribution is 0.373. The maximum atomic E-state index is 5.42. The summed E-state index contributed by atoms with van der Waals surface area (Å²) >= 11 is 5.08. The first-order chi connectivity index (χ1) is 9.71. The summed E-state index contributed by atoms with van der Waals surface area (Å²) in [6.07, 6.45) is 0. The highest BCUT2D eigenvalue weighted by molar-refractivity contribution is 7.80. The highest BCUT2D eigenvalue weighted by atomic mass is 32.1. The van der Waals surface area contributed by atoms with Crippen molar-refractivity contribution in [3.63, 3.8) is 0 Å². The highest BCUT2D eigenvalue weighted by Crippen LogP contribution is 2.17. The molecule has 0 amide bonds. The minimum absolute atomic E-state index is 0.131. The van der Waals surface area contributed by atoms with E-state index in [1.165, 1.54) is 14.2 Å². The lowest BCUT2D eigenvalue weighted by atomic mass is 10.3. The minimum Gasteiger partial charge on any atom is -0.481 e. The van der Waals surface area contributed by atoms with E-state index >= 15 is 0 Å². The fourth-order valence-corrected chi connectivity index (χ4v) is 1.57. The van der Waals surface area contributed by atoms with Crippen molar-refractivity contribution in [3.05, 3.63) is 36.4 Å². The Morgan fingerprint density at radius 1 is 1.05 bits per heavy atom. The zero-order valence-electron chi connectivity index (χ0n) is 11.0. The van der Waals surface area contributed by atoms with Gasteiger partial charge >= 0.3 is 0 Å². The van der Waals surface area contributed by atoms with Gasteiger partial charge in [0.1, 0.15) is 5.75 Å². The monoisotopic (exact) mass is 291 g/mol. The van der Waals surface area contributed by atoms with Gasteiger partial charge in [-0.15, -0.1) is 0 Å². The Balaban J connectivity index is 2.07. The van der Waals surface area contributed by atoms with Gasteiger partial charge in [-0.05, 0) is 24.4 Å². The summed E-state index contributed by atoms with van der Waals surface area (Å²) in [5, 5.41) is 2.90. The molecule has 0 aliphatic rings. The fraction of sp³-hybridized carbons (Fsp3) is 0.154. The molecule has 0 aliphatic carbocycles. The first-order valence-electron chi connectivity index (χ1n) is 5.72. The van der Waals surface area contributed by atoms with Gasteiger partial charge < -0.3 is 14.2 Å². The number of nitrogens with one attached hydrogen (secondary N) is 1. The molecule has 0 bridgehead atoms. The smallest absolute Gasteiger partial charge is 0.269 e. The van der Waals surface area contributed by atoms with Crippen molar-refractivity contribution < 1.29 is 14.2 Å². The van der Waals surface area contributed by atoms with Crippen LogP contribution >= 0.6 is 12.2 Å². The van der Waals surface area contributed by atoms with E-state index in [2.05, 4.69) is 15.3 Å². The van der Waals surface area contributed by atoms with Crippen LogP contribution < -0.4 is 19.5 Å². The van der Waals surface area contributed by atoms with Crippen LogP contribution in [0.15, 0.2) is 36.4 Å². The lowest BCUT2D eigenvalue weighted by Crippen LogP contribution is -2.18. The van der Waals surface area contributed by atoms with Crippen LogP contribution in [-0.4, -0.2) is 29.4 Å². The van der Waals surface area contributed by atoms with Crippen LogP contribution in [0.3, 0.4) is 0 Å². The Kier molecular flexibility index (Phi) is 4.67. The Bertz CT molecular complexity index is 570. The Hall–Kier alpha value is -2.41. The molecule has 0 saturated heterocycles. The third kappa shape index (κ3) is 3.79. The first kappa shape index (κ1) is 14.0. The van der Waals surface area contributed by atoms with E-state index in [1.807, 2.05) is 18.2 Å². The summed E-state index contributed by atoms with van der Waals surface area (Å²) < 4.78 is 15.5. The lowest BCUT2D eigenvalue weighted by Gasteiger charge is -2.09. The molecule has 0 atom stereocenters. The van der Waals surface area contributed by atoms with Crippen LogP contribution in [0.4, 0.5) is 5.95 Å². The standard InChI is InChI=1S/C13H13N3O3S/c1-17-10-8-11(18-2)15-12(14-10)16-13(20)19-9-6-4-3-5-7-9/h3-8H,1-2H3,(H,14,15,16,20). The molecule has 0 spiro atoms. The molecule has 2 rings (SSSR count). The van der Waals surface area contributed by atoms with Crippen molar-refractivity contribution >= 4 is 23.3 Å². The van der Waals surface area contributed by atoms with Crippen molar-refractivity contribution in [3.8, 4) is 17.5 Å². The zero-order chi connectivity index (χ0) is 14.4.